The van der Waals surface area contributed by atoms with Crippen LogP contribution in [0.3, 0.4) is 0 Å². The highest BCUT2D eigenvalue weighted by Crippen LogP contribution is 2.16. The number of nitrogens with one attached hydrogen (secondary N) is 1. The summed E-state index contributed by atoms with van der Waals surface area (Å²) >= 11 is 0. The van der Waals surface area contributed by atoms with Gasteiger partial charge in [0.05, 0.1) is 0 Å². The SMILES string of the molecule is CC(C)(C)OC(=O)NC1CCN(Cc2ccc(F)c(F)c2)CC1. The molecule has 0 aliphatic carbocycles. The number of benzene rings is 1. The maximum absolute atomic E-state index is 13.2. The molecule has 0 atom stereocenters. The Labute approximate surface area is 135 Å². The minimum absolute atomic E-state index is 0.0889. The zero-order chi connectivity index (χ0) is 17.0. The fourth-order valence-corrected chi connectivity index (χ4v) is 2.61. The van der Waals surface area contributed by atoms with Crippen molar-refractivity contribution in [1.29, 1.82) is 0 Å². The van der Waals surface area contributed by atoms with Crippen LogP contribution < -0.4 is 5.32 Å². The Morgan fingerprint density at radius 2 is 1.91 bits per heavy atom. The van der Waals surface area contributed by atoms with Crippen LogP contribution in [0.4, 0.5) is 13.6 Å². The molecule has 0 bridgehead atoms. The molecule has 1 fully saturated rings. The molecule has 4 nitrogen and oxygen atoms in total. The summed E-state index contributed by atoms with van der Waals surface area (Å²) in [5.74, 6) is -1.64. The van der Waals surface area contributed by atoms with E-state index in [-0.39, 0.29) is 6.04 Å². The van der Waals surface area contributed by atoms with Crippen LogP contribution in [0.5, 0.6) is 0 Å². The molecular formula is C17H24F2N2O2. The Hall–Kier alpha value is -1.69. The predicted octanol–water partition coefficient (Wildman–Crippen LogP) is 3.45. The molecule has 1 amide bonds. The van der Waals surface area contributed by atoms with Crippen molar-refractivity contribution in [2.75, 3.05) is 13.1 Å². The monoisotopic (exact) mass is 326 g/mol. The lowest BCUT2D eigenvalue weighted by Crippen LogP contribution is -2.45. The van der Waals surface area contributed by atoms with Gasteiger partial charge in [0.15, 0.2) is 11.6 Å². The summed E-state index contributed by atoms with van der Waals surface area (Å²) in [7, 11) is 0. The van der Waals surface area contributed by atoms with E-state index in [0.29, 0.717) is 6.54 Å². The molecule has 1 aromatic rings. The summed E-state index contributed by atoms with van der Waals surface area (Å²) in [5.41, 5.74) is 0.250. The molecule has 0 unspecified atom stereocenters. The minimum Gasteiger partial charge on any atom is -0.444 e. The molecule has 1 aliphatic heterocycles. The molecule has 0 saturated carbocycles. The number of hydrogen-bond donors (Lipinski definition) is 1. The van der Waals surface area contributed by atoms with Crippen molar-refractivity contribution in [1.82, 2.24) is 10.2 Å². The van der Waals surface area contributed by atoms with Crippen LogP contribution in [0, 0.1) is 11.6 Å². The van der Waals surface area contributed by atoms with E-state index in [1.54, 1.807) is 6.07 Å². The standard InChI is InChI=1S/C17H24F2N2O2/c1-17(2,3)23-16(22)20-13-6-8-21(9-7-13)11-12-4-5-14(18)15(19)10-12/h4-5,10,13H,6-9,11H2,1-3H3,(H,20,22). The fraction of sp³-hybridized carbons (Fsp3) is 0.588. The fourth-order valence-electron chi connectivity index (χ4n) is 2.61. The lowest BCUT2D eigenvalue weighted by atomic mass is 10.0. The number of rotatable bonds is 3. The second kappa shape index (κ2) is 7.25. The van der Waals surface area contributed by atoms with Gasteiger partial charge in [-0.1, -0.05) is 6.07 Å². The topological polar surface area (TPSA) is 41.6 Å². The van der Waals surface area contributed by atoms with Gasteiger partial charge in [-0.25, -0.2) is 13.6 Å². The number of ether oxygens (including phenoxy) is 1. The maximum atomic E-state index is 13.2. The van der Waals surface area contributed by atoms with Crippen molar-refractivity contribution in [3.63, 3.8) is 0 Å². The van der Waals surface area contributed by atoms with Crippen molar-refractivity contribution in [3.05, 3.63) is 35.4 Å². The third-order valence-electron chi connectivity index (χ3n) is 3.70. The molecule has 1 N–H and O–H groups in total. The van der Waals surface area contributed by atoms with Crippen molar-refractivity contribution in [2.45, 2.75) is 51.8 Å². The Morgan fingerprint density at radius 1 is 1.26 bits per heavy atom. The predicted molar refractivity (Wildman–Crippen MR) is 84.0 cm³/mol. The molecule has 1 aromatic carbocycles. The van der Waals surface area contributed by atoms with E-state index in [2.05, 4.69) is 10.2 Å². The van der Waals surface area contributed by atoms with Crippen LogP contribution in [0.25, 0.3) is 0 Å². The third-order valence-corrected chi connectivity index (χ3v) is 3.70. The van der Waals surface area contributed by atoms with E-state index < -0.39 is 23.3 Å². The summed E-state index contributed by atoms with van der Waals surface area (Å²) in [5, 5.41) is 2.88. The van der Waals surface area contributed by atoms with Crippen molar-refractivity contribution in [2.24, 2.45) is 0 Å². The normalized spacial score (nSPS) is 17.1. The maximum Gasteiger partial charge on any atom is 0.407 e. The first-order valence-corrected chi connectivity index (χ1v) is 7.89. The Morgan fingerprint density at radius 3 is 2.48 bits per heavy atom. The average Bonchev–Trinajstić information content (AvgIpc) is 2.43. The first-order chi connectivity index (χ1) is 10.7. The highest BCUT2D eigenvalue weighted by atomic mass is 19.2. The first kappa shape index (κ1) is 17.7. The number of halogens is 2. The van der Waals surface area contributed by atoms with Crippen molar-refractivity contribution < 1.29 is 18.3 Å². The van der Waals surface area contributed by atoms with Gasteiger partial charge in [0.1, 0.15) is 5.60 Å². The van der Waals surface area contributed by atoms with Crippen LogP contribution >= 0.6 is 0 Å². The number of piperidine rings is 1. The summed E-state index contributed by atoms with van der Waals surface area (Å²) < 4.78 is 31.4. The summed E-state index contributed by atoms with van der Waals surface area (Å²) in [6.45, 7) is 7.65. The van der Waals surface area contributed by atoms with Crippen LogP contribution in [0.1, 0.15) is 39.2 Å². The highest BCUT2D eigenvalue weighted by molar-refractivity contribution is 5.68. The van der Waals surface area contributed by atoms with Gasteiger partial charge in [-0.3, -0.25) is 4.90 Å². The second-order valence-corrected chi connectivity index (χ2v) is 6.95. The van der Waals surface area contributed by atoms with Gasteiger partial charge in [0, 0.05) is 25.7 Å². The lowest BCUT2D eigenvalue weighted by molar-refractivity contribution is 0.0477. The zero-order valence-electron chi connectivity index (χ0n) is 13.9. The third kappa shape index (κ3) is 5.78. The van der Waals surface area contributed by atoms with Crippen LogP contribution in [-0.2, 0) is 11.3 Å². The molecule has 128 valence electrons. The summed E-state index contributed by atoms with van der Waals surface area (Å²) in [6.07, 6.45) is 1.22. The van der Waals surface area contributed by atoms with E-state index in [1.165, 1.54) is 6.07 Å². The Kier molecular flexibility index (Phi) is 5.57. The van der Waals surface area contributed by atoms with E-state index in [4.69, 9.17) is 4.74 Å². The molecule has 0 aromatic heterocycles. The highest BCUT2D eigenvalue weighted by Gasteiger charge is 2.23. The van der Waals surface area contributed by atoms with Gasteiger partial charge in [0.2, 0.25) is 0 Å². The van der Waals surface area contributed by atoms with E-state index >= 15 is 0 Å². The van der Waals surface area contributed by atoms with Crippen molar-refractivity contribution in [3.8, 4) is 0 Å². The van der Waals surface area contributed by atoms with Crippen LogP contribution in [-0.4, -0.2) is 35.7 Å². The lowest BCUT2D eigenvalue weighted by Gasteiger charge is -2.32. The van der Waals surface area contributed by atoms with Gasteiger partial charge in [-0.2, -0.15) is 0 Å². The quantitative estimate of drug-likeness (QED) is 0.925. The average molecular weight is 326 g/mol. The molecule has 1 aliphatic rings. The van der Waals surface area contributed by atoms with Crippen LogP contribution in [0.15, 0.2) is 18.2 Å². The number of hydrogen-bond acceptors (Lipinski definition) is 3. The molecular weight excluding hydrogens is 302 g/mol. The second-order valence-electron chi connectivity index (χ2n) is 6.95. The summed E-state index contributed by atoms with van der Waals surface area (Å²) in [6, 6.07) is 4.08. The Bertz CT molecular complexity index is 550. The molecule has 0 spiro atoms. The van der Waals surface area contributed by atoms with E-state index in [9.17, 15) is 13.6 Å². The van der Waals surface area contributed by atoms with Crippen LogP contribution in [0.2, 0.25) is 0 Å². The molecule has 6 heteroatoms. The molecule has 1 heterocycles. The van der Waals surface area contributed by atoms with Gasteiger partial charge < -0.3 is 10.1 Å². The molecule has 0 radical (unpaired) electrons. The van der Waals surface area contributed by atoms with Gasteiger partial charge in [-0.05, 0) is 51.3 Å². The van der Waals surface area contributed by atoms with Crippen molar-refractivity contribution >= 4 is 6.09 Å². The summed E-state index contributed by atoms with van der Waals surface area (Å²) in [4.78, 5) is 13.9. The number of carbonyl (C=O) groups excluding carboxylic acids is 1. The zero-order valence-corrected chi connectivity index (χ0v) is 13.9. The van der Waals surface area contributed by atoms with E-state index in [1.807, 2.05) is 20.8 Å². The number of nitrogens with zero attached hydrogens (tertiary/aromatic N) is 1. The largest absolute Gasteiger partial charge is 0.444 e. The number of amides is 1. The number of carbonyl (C=O) groups is 1. The van der Waals surface area contributed by atoms with Gasteiger partial charge in [-0.15, -0.1) is 0 Å². The Balaban J connectivity index is 1.77. The number of alkyl carbamates (subject to hydrolysis) is 1. The van der Waals surface area contributed by atoms with Gasteiger partial charge in [0.25, 0.3) is 0 Å². The molecule has 1 saturated heterocycles. The molecule has 2 rings (SSSR count). The van der Waals surface area contributed by atoms with Gasteiger partial charge >= 0.3 is 6.09 Å². The first-order valence-electron chi connectivity index (χ1n) is 7.89. The minimum atomic E-state index is -0.825. The van der Waals surface area contributed by atoms with E-state index in [0.717, 1.165) is 37.6 Å². The smallest absolute Gasteiger partial charge is 0.407 e. The molecule has 23 heavy (non-hydrogen) atoms. The number of likely N-dealkylation sites (tertiary alicyclic amines) is 1.